The van der Waals surface area contributed by atoms with Gasteiger partial charge in [-0.3, -0.25) is 4.79 Å². The van der Waals surface area contributed by atoms with E-state index in [2.05, 4.69) is 60.8 Å². The number of carbonyl (C=O) groups is 1. The molecular weight excluding hydrogens is 424 g/mol. The molecule has 0 bridgehead atoms. The van der Waals surface area contributed by atoms with Crippen LogP contribution in [0.3, 0.4) is 0 Å². The topological polar surface area (TPSA) is 44.9 Å². The molecule has 0 radical (unpaired) electrons. The normalized spacial score (nSPS) is 15.4. The number of benzene rings is 1. The average molecular weight is 449 g/mol. The number of aliphatic carboxylic acids is 1. The standard InChI is InChI=1S/C25H24N2O2S2/c1-5-27-13-12-25(2,3)18-14-16(6-8-20(18)27)21-10-11-23(31-21)22-9-7-17(30-22)15-19(26-4)24(28)29/h6-11,14-15H,5,12-13H2,1-3H3,(H,28,29). The molecule has 1 aromatic carbocycles. The second-order valence-corrected chi connectivity index (χ2v) is 10.5. The molecule has 1 aliphatic rings. The van der Waals surface area contributed by atoms with Crippen molar-refractivity contribution in [3.8, 4) is 20.2 Å². The molecule has 158 valence electrons. The van der Waals surface area contributed by atoms with Crippen LogP contribution in [-0.2, 0) is 10.2 Å². The summed E-state index contributed by atoms with van der Waals surface area (Å²) in [5.74, 6) is -1.19. The van der Waals surface area contributed by atoms with Crippen molar-refractivity contribution in [2.75, 3.05) is 18.0 Å². The number of anilines is 1. The Kier molecular flexibility index (Phi) is 5.74. The average Bonchev–Trinajstić information content (AvgIpc) is 3.41. The van der Waals surface area contributed by atoms with Gasteiger partial charge in [0.05, 0.1) is 6.57 Å². The summed E-state index contributed by atoms with van der Waals surface area (Å²) < 4.78 is 0. The summed E-state index contributed by atoms with van der Waals surface area (Å²) in [6, 6.07) is 15.0. The van der Waals surface area contributed by atoms with Gasteiger partial charge >= 0.3 is 5.97 Å². The zero-order valence-electron chi connectivity index (χ0n) is 17.8. The first-order valence-corrected chi connectivity index (χ1v) is 11.9. The van der Waals surface area contributed by atoms with Crippen molar-refractivity contribution in [2.24, 2.45) is 0 Å². The maximum Gasteiger partial charge on any atom is 0.333 e. The highest BCUT2D eigenvalue weighted by Crippen LogP contribution is 2.44. The highest BCUT2D eigenvalue weighted by Gasteiger charge is 2.31. The van der Waals surface area contributed by atoms with E-state index in [1.807, 2.05) is 12.1 Å². The monoisotopic (exact) mass is 448 g/mol. The first-order chi connectivity index (χ1) is 14.8. The molecule has 4 rings (SSSR count). The maximum absolute atomic E-state index is 11.1. The van der Waals surface area contributed by atoms with Crippen molar-refractivity contribution in [2.45, 2.75) is 32.6 Å². The van der Waals surface area contributed by atoms with E-state index in [4.69, 9.17) is 11.7 Å². The zero-order valence-corrected chi connectivity index (χ0v) is 19.4. The Hall–Kier alpha value is -2.88. The van der Waals surface area contributed by atoms with Gasteiger partial charge in [0.1, 0.15) is 0 Å². The minimum absolute atomic E-state index is 0.164. The largest absolute Gasteiger partial charge is 0.486 e. The van der Waals surface area contributed by atoms with Gasteiger partial charge in [-0.05, 0) is 72.4 Å². The van der Waals surface area contributed by atoms with Gasteiger partial charge in [-0.1, -0.05) is 19.9 Å². The third-order valence-electron chi connectivity index (χ3n) is 5.83. The Morgan fingerprint density at radius 3 is 2.58 bits per heavy atom. The molecule has 31 heavy (non-hydrogen) atoms. The van der Waals surface area contributed by atoms with Crippen molar-refractivity contribution in [3.63, 3.8) is 0 Å². The van der Waals surface area contributed by atoms with E-state index in [0.717, 1.165) is 34.1 Å². The van der Waals surface area contributed by atoms with Crippen LogP contribution in [0.5, 0.6) is 0 Å². The summed E-state index contributed by atoms with van der Waals surface area (Å²) in [5, 5.41) is 9.06. The Morgan fingerprint density at radius 2 is 1.87 bits per heavy atom. The Bertz CT molecular complexity index is 1210. The minimum atomic E-state index is -1.19. The number of nitrogens with zero attached hydrogens (tertiary/aromatic N) is 2. The van der Waals surface area contributed by atoms with Crippen molar-refractivity contribution >= 4 is 40.4 Å². The van der Waals surface area contributed by atoms with Crippen molar-refractivity contribution in [3.05, 3.63) is 70.0 Å². The molecule has 6 heteroatoms. The molecule has 1 N–H and O–H groups in total. The van der Waals surface area contributed by atoms with E-state index < -0.39 is 5.97 Å². The third-order valence-corrected chi connectivity index (χ3v) is 8.20. The summed E-state index contributed by atoms with van der Waals surface area (Å²) in [6.07, 6.45) is 2.59. The van der Waals surface area contributed by atoms with Gasteiger partial charge in [-0.2, -0.15) is 0 Å². The minimum Gasteiger partial charge on any atom is -0.486 e. The van der Waals surface area contributed by atoms with Gasteiger partial charge in [0, 0.05) is 38.3 Å². The lowest BCUT2D eigenvalue weighted by molar-refractivity contribution is -0.132. The second kappa shape index (κ2) is 8.33. The predicted molar refractivity (Wildman–Crippen MR) is 131 cm³/mol. The van der Waals surface area contributed by atoms with E-state index >= 15 is 0 Å². The van der Waals surface area contributed by atoms with Crippen LogP contribution in [0.25, 0.3) is 31.1 Å². The molecule has 4 nitrogen and oxygen atoms in total. The van der Waals surface area contributed by atoms with Gasteiger partial charge in [0.25, 0.3) is 5.70 Å². The summed E-state index contributed by atoms with van der Waals surface area (Å²) >= 11 is 3.24. The van der Waals surface area contributed by atoms with Gasteiger partial charge in [0.15, 0.2) is 0 Å². The molecule has 0 unspecified atom stereocenters. The van der Waals surface area contributed by atoms with Crippen LogP contribution in [0.2, 0.25) is 0 Å². The Balaban J connectivity index is 1.65. The molecule has 0 saturated carbocycles. The third kappa shape index (κ3) is 4.16. The highest BCUT2D eigenvalue weighted by molar-refractivity contribution is 7.24. The molecule has 0 amide bonds. The lowest BCUT2D eigenvalue weighted by atomic mass is 9.77. The lowest BCUT2D eigenvalue weighted by Crippen LogP contribution is -2.37. The fraction of sp³-hybridized carbons (Fsp3) is 0.280. The second-order valence-electron chi connectivity index (χ2n) is 8.26. The molecule has 0 saturated heterocycles. The summed E-state index contributed by atoms with van der Waals surface area (Å²) in [4.78, 5) is 20.8. The first-order valence-electron chi connectivity index (χ1n) is 10.2. The van der Waals surface area contributed by atoms with E-state index in [9.17, 15) is 4.79 Å². The molecule has 3 aromatic rings. The van der Waals surface area contributed by atoms with Crippen LogP contribution in [-0.4, -0.2) is 24.2 Å². The Morgan fingerprint density at radius 1 is 1.16 bits per heavy atom. The van der Waals surface area contributed by atoms with Gasteiger partial charge < -0.3 is 10.0 Å². The summed E-state index contributed by atoms with van der Waals surface area (Å²) in [6.45, 7) is 16.0. The maximum atomic E-state index is 11.1. The summed E-state index contributed by atoms with van der Waals surface area (Å²) in [7, 11) is 0. The number of carboxylic acid groups (broad SMARTS) is 1. The van der Waals surface area contributed by atoms with Crippen LogP contribution < -0.4 is 4.90 Å². The van der Waals surface area contributed by atoms with E-state index in [1.54, 1.807) is 11.3 Å². The van der Waals surface area contributed by atoms with E-state index in [0.29, 0.717) is 0 Å². The molecule has 0 aliphatic carbocycles. The molecule has 1 aliphatic heterocycles. The number of thiophene rings is 2. The quantitative estimate of drug-likeness (QED) is 0.338. The van der Waals surface area contributed by atoms with E-state index in [1.165, 1.54) is 39.1 Å². The Labute approximate surface area is 190 Å². The molecular formula is C25H24N2O2S2. The fourth-order valence-electron chi connectivity index (χ4n) is 3.97. The number of carboxylic acids is 1. The van der Waals surface area contributed by atoms with Crippen molar-refractivity contribution in [1.29, 1.82) is 0 Å². The van der Waals surface area contributed by atoms with Crippen LogP contribution in [0.15, 0.2) is 48.2 Å². The molecule has 0 atom stereocenters. The van der Waals surface area contributed by atoms with Crippen LogP contribution in [0.4, 0.5) is 5.69 Å². The predicted octanol–water partition coefficient (Wildman–Crippen LogP) is 7.00. The van der Waals surface area contributed by atoms with Gasteiger partial charge in [-0.25, -0.2) is 4.85 Å². The number of fused-ring (bicyclic) bond motifs is 1. The number of hydrogen-bond donors (Lipinski definition) is 1. The van der Waals surface area contributed by atoms with Gasteiger partial charge in [-0.15, -0.1) is 22.7 Å². The van der Waals surface area contributed by atoms with Crippen LogP contribution in [0, 0.1) is 6.57 Å². The molecule has 0 spiro atoms. The van der Waals surface area contributed by atoms with Gasteiger partial charge in [0.2, 0.25) is 0 Å². The van der Waals surface area contributed by atoms with E-state index in [-0.39, 0.29) is 11.1 Å². The van der Waals surface area contributed by atoms with Crippen molar-refractivity contribution in [1.82, 2.24) is 0 Å². The number of rotatable bonds is 5. The smallest absolute Gasteiger partial charge is 0.333 e. The molecule has 2 aromatic heterocycles. The number of hydrogen-bond acceptors (Lipinski definition) is 4. The SMILES string of the molecule is [C-]#[N+]C(=Cc1ccc(-c2ccc(-c3ccc4c(c3)C(C)(C)CCN4CC)s2)s1)C(=O)O. The summed E-state index contributed by atoms with van der Waals surface area (Å²) in [5.41, 5.74) is 3.90. The van der Waals surface area contributed by atoms with Crippen LogP contribution in [0.1, 0.15) is 37.6 Å². The van der Waals surface area contributed by atoms with Crippen LogP contribution >= 0.6 is 22.7 Å². The molecule has 3 heterocycles. The van der Waals surface area contributed by atoms with Crippen molar-refractivity contribution < 1.29 is 9.90 Å². The first kappa shape index (κ1) is 21.4. The fourth-order valence-corrected chi connectivity index (χ4v) is 6.01. The lowest BCUT2D eigenvalue weighted by Gasteiger charge is -2.40. The highest BCUT2D eigenvalue weighted by atomic mass is 32.1. The molecule has 0 fully saturated rings. The zero-order chi connectivity index (χ0) is 22.2.